The minimum absolute atomic E-state index is 0.0488. The van der Waals surface area contributed by atoms with Gasteiger partial charge in [0, 0.05) is 29.4 Å². The highest BCUT2D eigenvalue weighted by Crippen LogP contribution is 2.31. The highest BCUT2D eigenvalue weighted by Gasteiger charge is 2.28. The molecule has 3 rings (SSSR count). The molecule has 0 saturated carbocycles. The Balaban J connectivity index is 1.74. The Hall–Kier alpha value is -3.86. The fraction of sp³-hybridized carbons (Fsp3) is 0.310. The van der Waals surface area contributed by atoms with E-state index in [1.165, 1.54) is 31.4 Å². The summed E-state index contributed by atoms with van der Waals surface area (Å²) in [7, 11) is 2.99. The molecule has 41 heavy (non-hydrogen) atoms. The van der Waals surface area contributed by atoms with Gasteiger partial charge in [0.2, 0.25) is 6.79 Å². The lowest BCUT2D eigenvalue weighted by Crippen LogP contribution is -2.43. The normalized spacial score (nSPS) is 11.8. The lowest BCUT2D eigenvalue weighted by atomic mass is 9.99. The number of methoxy groups -OCH3 is 1. The third-order valence-corrected chi connectivity index (χ3v) is 6.35. The maximum Gasteiger partial charge on any atom is 0.347 e. The summed E-state index contributed by atoms with van der Waals surface area (Å²) in [6.07, 6.45) is 1.35. The molecule has 1 heterocycles. The van der Waals surface area contributed by atoms with Gasteiger partial charge in [0.15, 0.2) is 17.2 Å². The highest BCUT2D eigenvalue weighted by atomic mass is 35.5. The average molecular weight is 604 g/mol. The second-order valence-corrected chi connectivity index (χ2v) is 10.1. The summed E-state index contributed by atoms with van der Waals surface area (Å²) >= 11 is 12.1. The Kier molecular flexibility index (Phi) is 11.3. The molecule has 0 saturated heterocycles. The van der Waals surface area contributed by atoms with Gasteiger partial charge < -0.3 is 24.4 Å². The Morgan fingerprint density at radius 2 is 1.46 bits per heavy atom. The number of benzene rings is 2. The summed E-state index contributed by atoms with van der Waals surface area (Å²) in [4.78, 5) is 47.7. The van der Waals surface area contributed by atoms with E-state index in [4.69, 9.17) is 42.3 Å². The second-order valence-electron chi connectivity index (χ2n) is 9.23. The largest absolute Gasteiger partial charge is 0.493 e. The van der Waals surface area contributed by atoms with Gasteiger partial charge >= 0.3 is 11.9 Å². The van der Waals surface area contributed by atoms with Crippen molar-refractivity contribution in [1.29, 1.82) is 0 Å². The first-order valence-corrected chi connectivity index (χ1v) is 13.4. The average Bonchev–Trinajstić information content (AvgIpc) is 2.94. The summed E-state index contributed by atoms with van der Waals surface area (Å²) in [6, 6.07) is 14.2. The van der Waals surface area contributed by atoms with Crippen molar-refractivity contribution in [3.63, 3.8) is 0 Å². The predicted octanol–water partition coefficient (Wildman–Crippen LogP) is 5.23. The van der Waals surface area contributed by atoms with Crippen LogP contribution < -0.4 is 14.8 Å². The minimum atomic E-state index is -1.08. The minimum Gasteiger partial charge on any atom is -0.493 e. The molecule has 0 spiro atoms. The first-order valence-electron chi connectivity index (χ1n) is 12.6. The van der Waals surface area contributed by atoms with Crippen LogP contribution >= 0.6 is 23.2 Å². The Morgan fingerprint density at radius 1 is 0.902 bits per heavy atom. The number of hydroxylamine groups is 2. The Bertz CT molecular complexity index is 1310. The number of aromatic nitrogens is 1. The fourth-order valence-corrected chi connectivity index (χ4v) is 3.96. The van der Waals surface area contributed by atoms with E-state index < -0.39 is 36.7 Å². The number of rotatable bonds is 12. The van der Waals surface area contributed by atoms with Crippen LogP contribution in [0.5, 0.6) is 11.5 Å². The van der Waals surface area contributed by atoms with Crippen molar-refractivity contribution in [2.45, 2.75) is 32.9 Å². The summed E-state index contributed by atoms with van der Waals surface area (Å²) in [5.74, 6) is -2.16. The molecule has 1 atom stereocenters. The maximum absolute atomic E-state index is 13.1. The summed E-state index contributed by atoms with van der Waals surface area (Å²) in [5.41, 5.74) is 1.45. The van der Waals surface area contributed by atoms with Crippen LogP contribution in [-0.4, -0.2) is 54.9 Å². The van der Waals surface area contributed by atoms with Gasteiger partial charge in [0.25, 0.3) is 5.91 Å². The van der Waals surface area contributed by atoms with Gasteiger partial charge in [-0.15, -0.1) is 5.06 Å². The number of esters is 1. The van der Waals surface area contributed by atoms with E-state index in [0.29, 0.717) is 10.0 Å². The monoisotopic (exact) mass is 603 g/mol. The summed E-state index contributed by atoms with van der Waals surface area (Å²) < 4.78 is 15.8. The van der Waals surface area contributed by atoms with E-state index in [9.17, 15) is 14.4 Å². The zero-order valence-corrected chi connectivity index (χ0v) is 24.7. The number of nitrogens with zero attached hydrogens (tertiary/aromatic N) is 2. The van der Waals surface area contributed by atoms with Gasteiger partial charge in [-0.3, -0.25) is 9.59 Å². The van der Waals surface area contributed by atoms with Crippen LogP contribution in [0.1, 0.15) is 48.4 Å². The molecule has 3 aromatic rings. The standard InChI is InChI=1S/C29H31Cl2N3O7/c1-17(2)28(36)40-16-39-26-23(38-5)14-15-32-24(26)27(35)33-18(3)29(37)41-34(4)25(19-6-10-21(30)11-7-19)20-8-12-22(31)13-9-20/h6-15,17-18,25H,16H2,1-5H3,(H,33,35)/t18-/m0/s1. The van der Waals surface area contributed by atoms with E-state index in [-0.39, 0.29) is 23.1 Å². The van der Waals surface area contributed by atoms with E-state index in [1.54, 1.807) is 45.2 Å². The Labute approximate surface area is 248 Å². The number of hydrogen-bond acceptors (Lipinski definition) is 9. The molecule has 1 amide bonds. The SMILES string of the molecule is COc1ccnc(C(=O)N[C@@H](C)C(=O)ON(C)C(c2ccc(Cl)cc2)c2ccc(Cl)cc2)c1OCOC(=O)C(C)C. The molecule has 0 aliphatic heterocycles. The van der Waals surface area contributed by atoms with Crippen LogP contribution in [0.2, 0.25) is 10.0 Å². The lowest BCUT2D eigenvalue weighted by molar-refractivity contribution is -0.193. The Morgan fingerprint density at radius 3 is 1.98 bits per heavy atom. The number of carbonyl (C=O) groups excluding carboxylic acids is 3. The third-order valence-electron chi connectivity index (χ3n) is 5.85. The molecule has 0 aliphatic carbocycles. The van der Waals surface area contributed by atoms with Crippen LogP contribution in [0.3, 0.4) is 0 Å². The quantitative estimate of drug-likeness (QED) is 0.169. The van der Waals surface area contributed by atoms with Crippen molar-refractivity contribution < 1.29 is 33.4 Å². The first-order chi connectivity index (χ1) is 19.5. The van der Waals surface area contributed by atoms with Gasteiger partial charge in [0.1, 0.15) is 6.04 Å². The molecule has 0 aliphatic rings. The van der Waals surface area contributed by atoms with Gasteiger partial charge in [-0.1, -0.05) is 61.3 Å². The van der Waals surface area contributed by atoms with Crippen LogP contribution in [0.25, 0.3) is 0 Å². The number of pyridine rings is 1. The lowest BCUT2D eigenvalue weighted by Gasteiger charge is -2.28. The smallest absolute Gasteiger partial charge is 0.347 e. The van der Waals surface area contributed by atoms with Gasteiger partial charge in [-0.2, -0.15) is 0 Å². The van der Waals surface area contributed by atoms with Crippen LogP contribution in [0.4, 0.5) is 0 Å². The molecule has 0 fully saturated rings. The first kappa shape index (κ1) is 31.7. The van der Waals surface area contributed by atoms with E-state index >= 15 is 0 Å². The van der Waals surface area contributed by atoms with Crippen molar-refractivity contribution in [1.82, 2.24) is 15.4 Å². The second kappa shape index (κ2) is 14.7. The van der Waals surface area contributed by atoms with Crippen molar-refractivity contribution in [3.8, 4) is 11.5 Å². The number of ether oxygens (including phenoxy) is 3. The number of nitrogens with one attached hydrogen (secondary N) is 1. The molecule has 12 heteroatoms. The van der Waals surface area contributed by atoms with Crippen LogP contribution in [0.15, 0.2) is 60.8 Å². The van der Waals surface area contributed by atoms with Gasteiger partial charge in [-0.05, 0) is 42.3 Å². The molecular formula is C29H31Cl2N3O7. The maximum atomic E-state index is 13.1. The summed E-state index contributed by atoms with van der Waals surface area (Å²) in [5, 5.41) is 5.08. The summed E-state index contributed by atoms with van der Waals surface area (Å²) in [6.45, 7) is 4.37. The van der Waals surface area contributed by atoms with Crippen LogP contribution in [-0.2, 0) is 19.2 Å². The van der Waals surface area contributed by atoms with E-state index in [0.717, 1.165) is 11.1 Å². The molecule has 218 valence electrons. The number of hydrogen-bond donors (Lipinski definition) is 1. The van der Waals surface area contributed by atoms with Crippen molar-refractivity contribution in [2.24, 2.45) is 5.92 Å². The van der Waals surface area contributed by atoms with Gasteiger partial charge in [-0.25, -0.2) is 9.78 Å². The van der Waals surface area contributed by atoms with Crippen LogP contribution in [0, 0.1) is 5.92 Å². The molecule has 0 unspecified atom stereocenters. The molecular weight excluding hydrogens is 573 g/mol. The molecule has 0 bridgehead atoms. The van der Waals surface area contributed by atoms with E-state index in [1.807, 2.05) is 24.3 Å². The van der Waals surface area contributed by atoms with E-state index in [2.05, 4.69) is 10.3 Å². The molecule has 2 aromatic carbocycles. The zero-order valence-electron chi connectivity index (χ0n) is 23.2. The molecule has 1 N–H and O–H groups in total. The van der Waals surface area contributed by atoms with Gasteiger partial charge in [0.05, 0.1) is 19.1 Å². The topological polar surface area (TPSA) is 116 Å². The number of halogens is 2. The van der Waals surface area contributed by atoms with Crippen molar-refractivity contribution >= 4 is 41.0 Å². The molecule has 0 radical (unpaired) electrons. The van der Waals surface area contributed by atoms with Crippen molar-refractivity contribution in [2.75, 3.05) is 21.0 Å². The predicted molar refractivity (Wildman–Crippen MR) is 153 cm³/mol. The van der Waals surface area contributed by atoms with Crippen molar-refractivity contribution in [3.05, 3.63) is 87.7 Å². The zero-order chi connectivity index (χ0) is 30.1. The molecule has 10 nitrogen and oxygen atoms in total. The fourth-order valence-electron chi connectivity index (χ4n) is 3.71. The number of amides is 1. The highest BCUT2D eigenvalue weighted by molar-refractivity contribution is 6.30. The third kappa shape index (κ3) is 8.56. The molecule has 1 aromatic heterocycles. The number of carbonyl (C=O) groups is 3.